The molecular formula is C6H12F3N. The fourth-order valence-electron chi connectivity index (χ4n) is 0.816. The van der Waals surface area contributed by atoms with Crippen LogP contribution in [-0.4, -0.2) is 19.8 Å². The van der Waals surface area contributed by atoms with Gasteiger partial charge in [0, 0.05) is 6.42 Å². The van der Waals surface area contributed by atoms with Crippen molar-refractivity contribution < 1.29 is 13.2 Å². The van der Waals surface area contributed by atoms with Crippen LogP contribution < -0.4 is 5.32 Å². The minimum atomic E-state index is -4.02. The van der Waals surface area contributed by atoms with E-state index >= 15 is 0 Å². The van der Waals surface area contributed by atoms with E-state index in [0.717, 1.165) is 0 Å². The largest absolute Gasteiger partial charge is 0.389 e. The highest BCUT2D eigenvalue weighted by molar-refractivity contribution is 4.60. The Morgan fingerprint density at radius 1 is 1.40 bits per heavy atom. The van der Waals surface area contributed by atoms with E-state index in [0.29, 0.717) is 6.54 Å². The number of hydrogen-bond acceptors (Lipinski definition) is 1. The van der Waals surface area contributed by atoms with Gasteiger partial charge in [0.15, 0.2) is 0 Å². The summed E-state index contributed by atoms with van der Waals surface area (Å²) < 4.78 is 34.8. The molecule has 1 unspecified atom stereocenters. The molecule has 1 atom stereocenters. The summed E-state index contributed by atoms with van der Waals surface area (Å²) in [6.07, 6.45) is -4.72. The van der Waals surface area contributed by atoms with Crippen molar-refractivity contribution in [2.45, 2.75) is 19.5 Å². The van der Waals surface area contributed by atoms with E-state index in [1.54, 1.807) is 14.0 Å². The number of halogens is 3. The SMILES string of the molecule is CNCC(C)CC(F)(F)F. The first-order valence-corrected chi connectivity index (χ1v) is 3.17. The fourth-order valence-corrected chi connectivity index (χ4v) is 0.816. The maximum absolute atomic E-state index is 11.6. The summed E-state index contributed by atoms with van der Waals surface area (Å²) in [6, 6.07) is 0. The summed E-state index contributed by atoms with van der Waals surface area (Å²) in [5.74, 6) is -0.329. The first-order valence-electron chi connectivity index (χ1n) is 3.17. The molecule has 0 aromatic rings. The van der Waals surface area contributed by atoms with Gasteiger partial charge >= 0.3 is 6.18 Å². The zero-order chi connectivity index (χ0) is 8.20. The normalized spacial score (nSPS) is 15.3. The van der Waals surface area contributed by atoms with Crippen LogP contribution in [0.5, 0.6) is 0 Å². The van der Waals surface area contributed by atoms with Gasteiger partial charge in [-0.2, -0.15) is 13.2 Å². The van der Waals surface area contributed by atoms with E-state index in [1.165, 1.54) is 0 Å². The lowest BCUT2D eigenvalue weighted by molar-refractivity contribution is -0.142. The highest BCUT2D eigenvalue weighted by Gasteiger charge is 2.29. The molecular weight excluding hydrogens is 143 g/mol. The Bertz CT molecular complexity index is 89.5. The van der Waals surface area contributed by atoms with Crippen LogP contribution in [-0.2, 0) is 0 Å². The summed E-state index contributed by atoms with van der Waals surface area (Å²) in [5, 5.41) is 2.69. The molecule has 0 saturated heterocycles. The third-order valence-corrected chi connectivity index (χ3v) is 1.13. The average molecular weight is 155 g/mol. The Morgan fingerprint density at radius 2 is 1.90 bits per heavy atom. The zero-order valence-electron chi connectivity index (χ0n) is 6.13. The van der Waals surface area contributed by atoms with Crippen molar-refractivity contribution in [3.05, 3.63) is 0 Å². The Balaban J connectivity index is 3.47. The second-order valence-corrected chi connectivity index (χ2v) is 2.48. The van der Waals surface area contributed by atoms with Crippen molar-refractivity contribution in [1.82, 2.24) is 5.32 Å². The van der Waals surface area contributed by atoms with Crippen LogP contribution in [0.1, 0.15) is 13.3 Å². The van der Waals surface area contributed by atoms with Gasteiger partial charge in [-0.1, -0.05) is 6.92 Å². The molecule has 0 aliphatic carbocycles. The maximum Gasteiger partial charge on any atom is 0.389 e. The number of nitrogens with one attached hydrogen (secondary N) is 1. The van der Waals surface area contributed by atoms with Crippen molar-refractivity contribution >= 4 is 0 Å². The lowest BCUT2D eigenvalue weighted by Gasteiger charge is -2.12. The van der Waals surface area contributed by atoms with Gasteiger partial charge in [-0.05, 0) is 19.5 Å². The molecule has 10 heavy (non-hydrogen) atoms. The molecule has 0 saturated carbocycles. The summed E-state index contributed by atoms with van der Waals surface area (Å²) in [6.45, 7) is 1.99. The fraction of sp³-hybridized carbons (Fsp3) is 1.00. The molecule has 0 amide bonds. The summed E-state index contributed by atoms with van der Waals surface area (Å²) in [7, 11) is 1.65. The van der Waals surface area contributed by atoms with E-state index < -0.39 is 12.6 Å². The Labute approximate surface area is 58.6 Å². The smallest absolute Gasteiger partial charge is 0.319 e. The molecule has 0 aliphatic heterocycles. The highest BCUT2D eigenvalue weighted by Crippen LogP contribution is 2.23. The second kappa shape index (κ2) is 3.81. The molecule has 0 aromatic carbocycles. The van der Waals surface area contributed by atoms with Crippen LogP contribution in [0.4, 0.5) is 13.2 Å². The number of hydrogen-bond donors (Lipinski definition) is 1. The first kappa shape index (κ1) is 9.75. The van der Waals surface area contributed by atoms with Gasteiger partial charge in [-0.3, -0.25) is 0 Å². The van der Waals surface area contributed by atoms with Crippen LogP contribution in [0, 0.1) is 5.92 Å². The van der Waals surface area contributed by atoms with E-state index in [9.17, 15) is 13.2 Å². The van der Waals surface area contributed by atoms with Crippen molar-refractivity contribution in [3.8, 4) is 0 Å². The molecule has 0 rings (SSSR count). The summed E-state index contributed by atoms with van der Waals surface area (Å²) in [5.41, 5.74) is 0. The molecule has 0 spiro atoms. The molecule has 62 valence electrons. The van der Waals surface area contributed by atoms with Crippen LogP contribution in [0.2, 0.25) is 0 Å². The molecule has 1 N–H and O–H groups in total. The highest BCUT2D eigenvalue weighted by atomic mass is 19.4. The molecule has 0 radical (unpaired) electrons. The third-order valence-electron chi connectivity index (χ3n) is 1.13. The second-order valence-electron chi connectivity index (χ2n) is 2.48. The van der Waals surface area contributed by atoms with Gasteiger partial charge in [0.1, 0.15) is 0 Å². The predicted molar refractivity (Wildman–Crippen MR) is 33.8 cm³/mol. The quantitative estimate of drug-likeness (QED) is 0.655. The molecule has 0 fully saturated rings. The lowest BCUT2D eigenvalue weighted by atomic mass is 10.1. The average Bonchev–Trinajstić information content (AvgIpc) is 1.59. The van der Waals surface area contributed by atoms with E-state index in [2.05, 4.69) is 5.32 Å². The van der Waals surface area contributed by atoms with Crippen LogP contribution in [0.25, 0.3) is 0 Å². The van der Waals surface area contributed by atoms with Gasteiger partial charge in [-0.15, -0.1) is 0 Å². The van der Waals surface area contributed by atoms with E-state index in [1.807, 2.05) is 0 Å². The van der Waals surface area contributed by atoms with Gasteiger partial charge in [0.2, 0.25) is 0 Å². The molecule has 4 heteroatoms. The van der Waals surface area contributed by atoms with Crippen LogP contribution in [0.3, 0.4) is 0 Å². The Hall–Kier alpha value is -0.250. The standard InChI is InChI=1S/C6H12F3N/c1-5(4-10-2)3-6(7,8)9/h5,10H,3-4H2,1-2H3. The van der Waals surface area contributed by atoms with E-state index in [-0.39, 0.29) is 5.92 Å². The molecule has 0 bridgehead atoms. The topological polar surface area (TPSA) is 12.0 Å². The van der Waals surface area contributed by atoms with Gasteiger partial charge in [0.25, 0.3) is 0 Å². The maximum atomic E-state index is 11.6. The van der Waals surface area contributed by atoms with Crippen LogP contribution in [0.15, 0.2) is 0 Å². The van der Waals surface area contributed by atoms with Crippen molar-refractivity contribution in [1.29, 1.82) is 0 Å². The monoisotopic (exact) mass is 155 g/mol. The van der Waals surface area contributed by atoms with Gasteiger partial charge < -0.3 is 5.32 Å². The minimum Gasteiger partial charge on any atom is -0.319 e. The van der Waals surface area contributed by atoms with Crippen molar-refractivity contribution in [3.63, 3.8) is 0 Å². The van der Waals surface area contributed by atoms with Crippen molar-refractivity contribution in [2.24, 2.45) is 5.92 Å². The lowest BCUT2D eigenvalue weighted by Crippen LogP contribution is -2.22. The zero-order valence-corrected chi connectivity index (χ0v) is 6.13. The van der Waals surface area contributed by atoms with Gasteiger partial charge in [0.05, 0.1) is 0 Å². The molecule has 0 heterocycles. The summed E-state index contributed by atoms with van der Waals surface area (Å²) in [4.78, 5) is 0. The number of rotatable bonds is 3. The Morgan fingerprint density at radius 3 is 2.20 bits per heavy atom. The van der Waals surface area contributed by atoms with E-state index in [4.69, 9.17) is 0 Å². The molecule has 0 aromatic heterocycles. The number of alkyl halides is 3. The predicted octanol–water partition coefficient (Wildman–Crippen LogP) is 1.79. The van der Waals surface area contributed by atoms with Crippen LogP contribution >= 0.6 is 0 Å². The first-order chi connectivity index (χ1) is 4.45. The minimum absolute atomic E-state index is 0.329. The molecule has 0 aliphatic rings. The Kier molecular flexibility index (Phi) is 3.71. The van der Waals surface area contributed by atoms with Gasteiger partial charge in [-0.25, -0.2) is 0 Å². The summed E-state index contributed by atoms with van der Waals surface area (Å²) >= 11 is 0. The van der Waals surface area contributed by atoms with Crippen molar-refractivity contribution in [2.75, 3.05) is 13.6 Å². The third kappa shape index (κ3) is 5.88. The molecule has 1 nitrogen and oxygen atoms in total.